The quantitative estimate of drug-likeness (QED) is 0.433. The van der Waals surface area contributed by atoms with Crippen LogP contribution in [0, 0.1) is 5.82 Å². The van der Waals surface area contributed by atoms with Crippen LogP contribution >= 0.6 is 35.3 Å². The molecule has 1 N–H and O–H groups in total. The van der Waals surface area contributed by atoms with Crippen LogP contribution in [-0.4, -0.2) is 44.1 Å². The van der Waals surface area contributed by atoms with Gasteiger partial charge >= 0.3 is 0 Å². The zero-order valence-corrected chi connectivity index (χ0v) is 16.8. The van der Waals surface area contributed by atoms with Crippen molar-refractivity contribution in [2.45, 2.75) is 6.54 Å². The van der Waals surface area contributed by atoms with Crippen molar-refractivity contribution in [3.63, 3.8) is 0 Å². The molecule has 0 atom stereocenters. The molecule has 2 aromatic rings. The number of guanidine groups is 1. The highest BCUT2D eigenvalue weighted by atomic mass is 127. The molecule has 0 saturated carbocycles. The van der Waals surface area contributed by atoms with E-state index in [-0.39, 0.29) is 29.8 Å². The summed E-state index contributed by atoms with van der Waals surface area (Å²) in [5.41, 5.74) is 1.95. The van der Waals surface area contributed by atoms with Crippen LogP contribution in [0.4, 0.5) is 10.1 Å². The van der Waals surface area contributed by atoms with Gasteiger partial charge in [-0.2, -0.15) is 11.3 Å². The van der Waals surface area contributed by atoms with Gasteiger partial charge in [0.15, 0.2) is 5.96 Å². The number of para-hydroxylation sites is 1. The first kappa shape index (κ1) is 19.0. The Labute approximate surface area is 163 Å². The van der Waals surface area contributed by atoms with Crippen molar-refractivity contribution in [1.29, 1.82) is 0 Å². The Morgan fingerprint density at radius 3 is 2.58 bits per heavy atom. The average molecular weight is 460 g/mol. The fraction of sp³-hybridized carbons (Fsp3) is 0.353. The predicted molar refractivity (Wildman–Crippen MR) is 110 cm³/mol. The van der Waals surface area contributed by atoms with Crippen molar-refractivity contribution in [3.8, 4) is 0 Å². The largest absolute Gasteiger partial charge is 0.366 e. The molecule has 0 aliphatic carbocycles. The Hall–Kier alpha value is -1.35. The van der Waals surface area contributed by atoms with E-state index < -0.39 is 0 Å². The molecule has 4 nitrogen and oxygen atoms in total. The van der Waals surface area contributed by atoms with Crippen molar-refractivity contribution in [2.75, 3.05) is 38.1 Å². The zero-order chi connectivity index (χ0) is 16.1. The second-order valence-electron chi connectivity index (χ2n) is 5.46. The molecule has 130 valence electrons. The molecule has 0 bridgehead atoms. The minimum atomic E-state index is -0.152. The van der Waals surface area contributed by atoms with Crippen molar-refractivity contribution < 1.29 is 4.39 Å². The maximum absolute atomic E-state index is 13.9. The van der Waals surface area contributed by atoms with Crippen LogP contribution in [0.2, 0.25) is 0 Å². The van der Waals surface area contributed by atoms with Gasteiger partial charge in [-0.1, -0.05) is 12.1 Å². The van der Waals surface area contributed by atoms with E-state index in [0.717, 1.165) is 38.7 Å². The van der Waals surface area contributed by atoms with Crippen LogP contribution in [0.1, 0.15) is 5.56 Å². The van der Waals surface area contributed by atoms with Gasteiger partial charge in [0, 0.05) is 39.8 Å². The molecule has 1 aromatic heterocycles. The fourth-order valence-electron chi connectivity index (χ4n) is 2.77. The highest BCUT2D eigenvalue weighted by Crippen LogP contribution is 2.20. The SMILES string of the molecule is CN=C(NCc1ccsc1)N1CCN(c2ccccc2F)CC1.I. The van der Waals surface area contributed by atoms with Crippen LogP contribution in [-0.2, 0) is 6.54 Å². The number of benzene rings is 1. The highest BCUT2D eigenvalue weighted by Gasteiger charge is 2.21. The Balaban J connectivity index is 0.00000208. The second-order valence-corrected chi connectivity index (χ2v) is 6.24. The van der Waals surface area contributed by atoms with E-state index in [1.807, 2.05) is 12.1 Å². The first-order chi connectivity index (χ1) is 11.3. The van der Waals surface area contributed by atoms with E-state index in [4.69, 9.17) is 0 Å². The molecule has 0 amide bonds. The summed E-state index contributed by atoms with van der Waals surface area (Å²) in [7, 11) is 1.80. The maximum atomic E-state index is 13.9. The summed E-state index contributed by atoms with van der Waals surface area (Å²) >= 11 is 1.70. The molecule has 0 radical (unpaired) electrons. The van der Waals surface area contributed by atoms with E-state index in [0.29, 0.717) is 5.69 Å². The topological polar surface area (TPSA) is 30.9 Å². The van der Waals surface area contributed by atoms with E-state index in [1.165, 1.54) is 11.6 Å². The van der Waals surface area contributed by atoms with E-state index in [2.05, 4.69) is 36.9 Å². The summed E-state index contributed by atoms with van der Waals surface area (Å²) in [6, 6.07) is 9.08. The molecule has 0 spiro atoms. The standard InChI is InChI=1S/C17H21FN4S.HI/c1-19-17(20-12-14-6-11-23-13-14)22-9-7-21(8-10-22)16-5-3-2-4-15(16)18;/h2-6,11,13H,7-10,12H2,1H3,(H,19,20);1H. The third-order valence-corrected chi connectivity index (χ3v) is 4.75. The van der Waals surface area contributed by atoms with Gasteiger partial charge in [-0.15, -0.1) is 24.0 Å². The summed E-state index contributed by atoms with van der Waals surface area (Å²) in [6.45, 7) is 4.03. The number of thiophene rings is 1. The predicted octanol–water partition coefficient (Wildman–Crippen LogP) is 3.40. The van der Waals surface area contributed by atoms with Crippen molar-refractivity contribution in [3.05, 3.63) is 52.5 Å². The number of halogens is 2. The third-order valence-electron chi connectivity index (χ3n) is 4.01. The first-order valence-electron chi connectivity index (χ1n) is 7.74. The average Bonchev–Trinajstić information content (AvgIpc) is 3.10. The summed E-state index contributed by atoms with van der Waals surface area (Å²) < 4.78 is 13.9. The van der Waals surface area contributed by atoms with Gasteiger partial charge in [0.1, 0.15) is 5.82 Å². The lowest BCUT2D eigenvalue weighted by molar-refractivity contribution is 0.370. The van der Waals surface area contributed by atoms with E-state index in [1.54, 1.807) is 24.5 Å². The van der Waals surface area contributed by atoms with Crippen molar-refractivity contribution in [1.82, 2.24) is 10.2 Å². The van der Waals surface area contributed by atoms with E-state index >= 15 is 0 Å². The maximum Gasteiger partial charge on any atom is 0.194 e. The minimum Gasteiger partial charge on any atom is -0.366 e. The van der Waals surface area contributed by atoms with Crippen LogP contribution < -0.4 is 10.2 Å². The molecular weight excluding hydrogens is 438 g/mol. The Morgan fingerprint density at radius 2 is 1.96 bits per heavy atom. The lowest BCUT2D eigenvalue weighted by Crippen LogP contribution is -2.52. The van der Waals surface area contributed by atoms with Gasteiger partial charge < -0.3 is 15.1 Å². The molecule has 24 heavy (non-hydrogen) atoms. The van der Waals surface area contributed by atoms with Gasteiger partial charge in [0.2, 0.25) is 0 Å². The molecule has 2 heterocycles. The highest BCUT2D eigenvalue weighted by molar-refractivity contribution is 14.0. The normalized spacial score (nSPS) is 15.2. The van der Waals surface area contributed by atoms with Crippen LogP contribution in [0.25, 0.3) is 0 Å². The van der Waals surface area contributed by atoms with Crippen LogP contribution in [0.5, 0.6) is 0 Å². The molecule has 1 aliphatic heterocycles. The summed E-state index contributed by atoms with van der Waals surface area (Å²) in [6.07, 6.45) is 0. The fourth-order valence-corrected chi connectivity index (χ4v) is 3.44. The summed E-state index contributed by atoms with van der Waals surface area (Å²) in [5, 5.41) is 7.61. The molecule has 3 rings (SSSR count). The molecule has 1 fully saturated rings. The van der Waals surface area contributed by atoms with Crippen LogP contribution in [0.3, 0.4) is 0 Å². The van der Waals surface area contributed by atoms with Gasteiger partial charge in [-0.05, 0) is 34.5 Å². The lowest BCUT2D eigenvalue weighted by atomic mass is 10.2. The molecule has 7 heteroatoms. The van der Waals surface area contributed by atoms with Gasteiger partial charge in [0.05, 0.1) is 5.69 Å². The molecule has 0 unspecified atom stereocenters. The number of hydrogen-bond donors (Lipinski definition) is 1. The Bertz CT molecular complexity index is 654. The molecule has 1 saturated heterocycles. The molecule has 1 aliphatic rings. The molecule has 1 aromatic carbocycles. The number of aliphatic imine (C=N–C) groups is 1. The summed E-state index contributed by atoms with van der Waals surface area (Å²) in [5.74, 6) is 0.755. The lowest BCUT2D eigenvalue weighted by Gasteiger charge is -2.37. The minimum absolute atomic E-state index is 0. The smallest absolute Gasteiger partial charge is 0.194 e. The van der Waals surface area contributed by atoms with Gasteiger partial charge in [-0.3, -0.25) is 4.99 Å². The third kappa shape index (κ3) is 4.60. The second kappa shape index (κ2) is 9.22. The number of hydrogen-bond acceptors (Lipinski definition) is 3. The zero-order valence-electron chi connectivity index (χ0n) is 13.6. The van der Waals surface area contributed by atoms with Crippen LogP contribution in [0.15, 0.2) is 46.1 Å². The van der Waals surface area contributed by atoms with Gasteiger partial charge in [0.25, 0.3) is 0 Å². The van der Waals surface area contributed by atoms with Crippen molar-refractivity contribution >= 4 is 47.0 Å². The number of nitrogens with one attached hydrogen (secondary N) is 1. The van der Waals surface area contributed by atoms with E-state index in [9.17, 15) is 4.39 Å². The van der Waals surface area contributed by atoms with Crippen molar-refractivity contribution in [2.24, 2.45) is 4.99 Å². The molecular formula is C17H22FIN4S. The monoisotopic (exact) mass is 460 g/mol. The number of piperazine rings is 1. The first-order valence-corrected chi connectivity index (χ1v) is 8.68. The summed E-state index contributed by atoms with van der Waals surface area (Å²) in [4.78, 5) is 8.69. The van der Waals surface area contributed by atoms with Gasteiger partial charge in [-0.25, -0.2) is 4.39 Å². The number of anilines is 1. The Morgan fingerprint density at radius 1 is 1.21 bits per heavy atom. The number of rotatable bonds is 3. The number of nitrogens with zero attached hydrogens (tertiary/aromatic N) is 3. The Kier molecular flexibility index (Phi) is 7.29.